The maximum Gasteiger partial charge on any atom is 0.271 e. The van der Waals surface area contributed by atoms with E-state index in [9.17, 15) is 9.59 Å². The van der Waals surface area contributed by atoms with Gasteiger partial charge in [-0.25, -0.2) is 4.98 Å². The van der Waals surface area contributed by atoms with Crippen molar-refractivity contribution < 1.29 is 9.59 Å². The molecule has 0 aliphatic heterocycles. The van der Waals surface area contributed by atoms with E-state index in [1.165, 1.54) is 18.6 Å². The standard InChI is InChI=1S/C12H17ClN4O2/c1-12(2,8-13)11(19)17-6-5-16-10(18)9-7-14-3-4-15-9/h3-4,7H,5-6,8H2,1-2H3,(H,16,18)(H,17,19). The van der Waals surface area contributed by atoms with E-state index in [0.717, 1.165) is 0 Å². The molecule has 0 fully saturated rings. The molecule has 0 spiro atoms. The van der Waals surface area contributed by atoms with Gasteiger partial charge in [-0.1, -0.05) is 0 Å². The lowest BCUT2D eigenvalue weighted by Gasteiger charge is -2.20. The molecule has 1 aromatic rings. The lowest BCUT2D eigenvalue weighted by molar-refractivity contribution is -0.128. The van der Waals surface area contributed by atoms with Crippen LogP contribution in [-0.2, 0) is 4.79 Å². The van der Waals surface area contributed by atoms with Gasteiger partial charge in [0.05, 0.1) is 11.6 Å². The predicted octanol–water partition coefficient (Wildman–Crippen LogP) is 0.588. The summed E-state index contributed by atoms with van der Waals surface area (Å²) in [6.45, 7) is 4.17. The topological polar surface area (TPSA) is 84.0 Å². The average Bonchev–Trinajstić information content (AvgIpc) is 2.43. The van der Waals surface area contributed by atoms with Gasteiger partial charge >= 0.3 is 0 Å². The van der Waals surface area contributed by atoms with Crippen LogP contribution in [0.1, 0.15) is 24.3 Å². The molecule has 0 bridgehead atoms. The minimum atomic E-state index is -0.615. The van der Waals surface area contributed by atoms with Crippen molar-refractivity contribution in [2.75, 3.05) is 19.0 Å². The summed E-state index contributed by atoms with van der Waals surface area (Å²) >= 11 is 5.69. The van der Waals surface area contributed by atoms with Gasteiger partial charge in [0.2, 0.25) is 5.91 Å². The van der Waals surface area contributed by atoms with Gasteiger partial charge in [-0.05, 0) is 13.8 Å². The van der Waals surface area contributed by atoms with Crippen molar-refractivity contribution in [1.29, 1.82) is 0 Å². The Labute approximate surface area is 117 Å². The minimum absolute atomic E-state index is 0.142. The largest absolute Gasteiger partial charge is 0.354 e. The third-order valence-electron chi connectivity index (χ3n) is 2.44. The lowest BCUT2D eigenvalue weighted by atomic mass is 9.95. The summed E-state index contributed by atoms with van der Waals surface area (Å²) in [7, 11) is 0. The number of hydrogen-bond acceptors (Lipinski definition) is 4. The number of carbonyl (C=O) groups is 2. The second kappa shape index (κ2) is 7.04. The number of nitrogens with one attached hydrogen (secondary N) is 2. The average molecular weight is 285 g/mol. The van der Waals surface area contributed by atoms with Gasteiger partial charge in [-0.2, -0.15) is 0 Å². The van der Waals surface area contributed by atoms with Crippen LogP contribution in [0.15, 0.2) is 18.6 Å². The minimum Gasteiger partial charge on any atom is -0.354 e. The zero-order valence-corrected chi connectivity index (χ0v) is 11.7. The Hall–Kier alpha value is -1.69. The third-order valence-corrected chi connectivity index (χ3v) is 3.11. The highest BCUT2D eigenvalue weighted by atomic mass is 35.5. The van der Waals surface area contributed by atoms with Crippen LogP contribution in [0.4, 0.5) is 0 Å². The first-order valence-corrected chi connectivity index (χ1v) is 6.39. The zero-order valence-electron chi connectivity index (χ0n) is 10.9. The van der Waals surface area contributed by atoms with Crippen molar-refractivity contribution in [3.05, 3.63) is 24.3 Å². The summed E-state index contributed by atoms with van der Waals surface area (Å²) in [6, 6.07) is 0. The number of nitrogens with zero attached hydrogens (tertiary/aromatic N) is 2. The Morgan fingerprint density at radius 2 is 1.95 bits per heavy atom. The number of amides is 2. The van der Waals surface area contributed by atoms with Crippen LogP contribution in [0, 0.1) is 5.41 Å². The molecule has 0 radical (unpaired) electrons. The number of carbonyl (C=O) groups excluding carboxylic acids is 2. The summed E-state index contributed by atoms with van der Waals surface area (Å²) in [5.41, 5.74) is -0.369. The molecule has 1 aromatic heterocycles. The number of alkyl halides is 1. The molecule has 1 rings (SSSR count). The van der Waals surface area contributed by atoms with E-state index in [1.807, 2.05) is 0 Å². The van der Waals surface area contributed by atoms with Gasteiger partial charge in [0.1, 0.15) is 5.69 Å². The molecule has 0 saturated heterocycles. The first-order chi connectivity index (χ1) is 8.97. The zero-order chi connectivity index (χ0) is 14.3. The summed E-state index contributed by atoms with van der Waals surface area (Å²) < 4.78 is 0. The Morgan fingerprint density at radius 3 is 2.53 bits per heavy atom. The first-order valence-electron chi connectivity index (χ1n) is 5.86. The molecule has 0 atom stereocenters. The van der Waals surface area contributed by atoms with E-state index in [0.29, 0.717) is 13.1 Å². The van der Waals surface area contributed by atoms with E-state index in [2.05, 4.69) is 20.6 Å². The van der Waals surface area contributed by atoms with Crippen molar-refractivity contribution in [3.63, 3.8) is 0 Å². The quantitative estimate of drug-likeness (QED) is 0.591. The Balaban J connectivity index is 2.29. The Kier molecular flexibility index (Phi) is 5.69. The molecule has 1 heterocycles. The van der Waals surface area contributed by atoms with Gasteiger partial charge in [-0.3, -0.25) is 14.6 Å². The second-order valence-corrected chi connectivity index (χ2v) is 4.89. The molecule has 0 saturated carbocycles. The highest BCUT2D eigenvalue weighted by Gasteiger charge is 2.25. The van der Waals surface area contributed by atoms with Crippen molar-refractivity contribution in [2.24, 2.45) is 5.41 Å². The highest BCUT2D eigenvalue weighted by molar-refractivity contribution is 6.19. The van der Waals surface area contributed by atoms with Gasteiger partial charge in [0.25, 0.3) is 5.91 Å². The van der Waals surface area contributed by atoms with Gasteiger partial charge in [0, 0.05) is 31.4 Å². The Morgan fingerprint density at radius 1 is 1.26 bits per heavy atom. The van der Waals surface area contributed by atoms with Crippen molar-refractivity contribution in [2.45, 2.75) is 13.8 Å². The van der Waals surface area contributed by atoms with Crippen molar-refractivity contribution >= 4 is 23.4 Å². The lowest BCUT2D eigenvalue weighted by Crippen LogP contribution is -2.42. The van der Waals surface area contributed by atoms with Crippen LogP contribution in [0.5, 0.6) is 0 Å². The highest BCUT2D eigenvalue weighted by Crippen LogP contribution is 2.16. The van der Waals surface area contributed by atoms with Crippen LogP contribution >= 0.6 is 11.6 Å². The molecule has 7 heteroatoms. The molecule has 6 nitrogen and oxygen atoms in total. The monoisotopic (exact) mass is 284 g/mol. The summed E-state index contributed by atoms with van der Waals surface area (Å²) in [5.74, 6) is -0.222. The third kappa shape index (κ3) is 4.82. The number of hydrogen-bond donors (Lipinski definition) is 2. The first kappa shape index (κ1) is 15.4. The van der Waals surface area contributed by atoms with Gasteiger partial charge in [0.15, 0.2) is 0 Å². The molecule has 0 unspecified atom stereocenters. The predicted molar refractivity (Wildman–Crippen MR) is 71.9 cm³/mol. The molecule has 19 heavy (non-hydrogen) atoms. The van der Waals surface area contributed by atoms with Crippen LogP contribution in [0.25, 0.3) is 0 Å². The summed E-state index contributed by atoms with van der Waals surface area (Å²) in [6.07, 6.45) is 4.31. The Bertz CT molecular complexity index is 437. The molecule has 2 N–H and O–H groups in total. The molecule has 0 aromatic carbocycles. The van der Waals surface area contributed by atoms with E-state index < -0.39 is 5.41 Å². The SMILES string of the molecule is CC(C)(CCl)C(=O)NCCNC(=O)c1cnccn1. The van der Waals surface area contributed by atoms with Crippen LogP contribution < -0.4 is 10.6 Å². The maximum absolute atomic E-state index is 11.7. The van der Waals surface area contributed by atoms with Crippen LogP contribution in [0.2, 0.25) is 0 Å². The van der Waals surface area contributed by atoms with E-state index in [-0.39, 0.29) is 23.4 Å². The normalized spacial score (nSPS) is 10.9. The molecular weight excluding hydrogens is 268 g/mol. The molecule has 104 valence electrons. The molecule has 0 aliphatic rings. The van der Waals surface area contributed by atoms with Gasteiger partial charge < -0.3 is 10.6 Å². The summed E-state index contributed by atoms with van der Waals surface area (Å²) in [5, 5.41) is 5.34. The maximum atomic E-state index is 11.7. The number of rotatable bonds is 6. The number of aromatic nitrogens is 2. The van der Waals surface area contributed by atoms with Gasteiger partial charge in [-0.15, -0.1) is 11.6 Å². The smallest absolute Gasteiger partial charge is 0.271 e. The van der Waals surface area contributed by atoms with Crippen LogP contribution in [-0.4, -0.2) is 40.8 Å². The van der Waals surface area contributed by atoms with Crippen molar-refractivity contribution in [1.82, 2.24) is 20.6 Å². The fourth-order valence-electron chi connectivity index (χ4n) is 1.16. The van der Waals surface area contributed by atoms with Crippen LogP contribution in [0.3, 0.4) is 0 Å². The fourth-order valence-corrected chi connectivity index (χ4v) is 1.28. The molecular formula is C12H17ClN4O2. The van der Waals surface area contributed by atoms with E-state index in [1.54, 1.807) is 13.8 Å². The molecule has 0 aliphatic carbocycles. The number of halogens is 1. The fraction of sp³-hybridized carbons (Fsp3) is 0.500. The van der Waals surface area contributed by atoms with Crippen molar-refractivity contribution in [3.8, 4) is 0 Å². The summed E-state index contributed by atoms with van der Waals surface area (Å²) in [4.78, 5) is 30.9. The molecule has 2 amide bonds. The van der Waals surface area contributed by atoms with E-state index >= 15 is 0 Å². The second-order valence-electron chi connectivity index (χ2n) is 4.62. The van der Waals surface area contributed by atoms with E-state index in [4.69, 9.17) is 11.6 Å².